The van der Waals surface area contributed by atoms with Gasteiger partial charge < -0.3 is 14.2 Å². The lowest BCUT2D eigenvalue weighted by molar-refractivity contribution is -0.166. The molecule has 386 valence electrons. The fourth-order valence-corrected chi connectivity index (χ4v) is 6.72. The van der Waals surface area contributed by atoms with Crippen molar-refractivity contribution >= 4 is 17.9 Å². The Kier molecular flexibility index (Phi) is 52.1. The monoisotopic (exact) mass is 951 g/mol. The van der Waals surface area contributed by atoms with E-state index in [1.807, 2.05) is 12.2 Å². The van der Waals surface area contributed by atoms with E-state index in [0.717, 1.165) is 109 Å². The normalized spacial score (nSPS) is 13.3. The van der Waals surface area contributed by atoms with Gasteiger partial charge in [-0.1, -0.05) is 212 Å². The van der Waals surface area contributed by atoms with Gasteiger partial charge in [-0.3, -0.25) is 14.4 Å². The summed E-state index contributed by atoms with van der Waals surface area (Å²) >= 11 is 0. The van der Waals surface area contributed by atoms with Crippen LogP contribution in [0.3, 0.4) is 0 Å². The maximum atomic E-state index is 12.8. The van der Waals surface area contributed by atoms with Gasteiger partial charge in [-0.25, -0.2) is 0 Å². The van der Waals surface area contributed by atoms with E-state index in [1.165, 1.54) is 51.4 Å². The maximum Gasteiger partial charge on any atom is 0.306 e. The van der Waals surface area contributed by atoms with Crippen LogP contribution in [0.25, 0.3) is 0 Å². The number of unbranched alkanes of at least 4 members (excludes halogenated alkanes) is 12. The molecule has 1 atom stereocenters. The summed E-state index contributed by atoms with van der Waals surface area (Å²) in [5.41, 5.74) is 0. The van der Waals surface area contributed by atoms with Gasteiger partial charge in [-0.05, 0) is 128 Å². The van der Waals surface area contributed by atoms with Crippen LogP contribution < -0.4 is 0 Å². The third kappa shape index (κ3) is 54.1. The molecule has 6 heteroatoms. The standard InChI is InChI=1S/C63H98O6/c1-4-7-10-13-16-19-22-25-28-30-31-33-36-38-41-44-47-50-53-56-62(65)68-59-60(69-63(66)57-54-51-48-45-42-39-34-27-24-21-18-15-12-9-6-3)58-67-61(64)55-52-49-46-43-40-37-35-32-29-26-23-20-17-14-11-8-5-2/h9,12,16-21,25-29,31,33-35,37-38,41,43,46-47,50,60H,4-8,10-11,13-15,22-24,30,32,36,39-40,42,44-45,48-49,51-59H2,1-3H3/b12-9-,19-16-,20-17-,21-18-,28-25-,29-26-,33-31-,34-27-,37-35-,41-38-,46-43-,50-47-/t60-/m0/s1. The fraction of sp³-hybridized carbons (Fsp3) is 0.571. The second-order valence-corrected chi connectivity index (χ2v) is 17.4. The Balaban J connectivity index is 4.64. The highest BCUT2D eigenvalue weighted by Crippen LogP contribution is 2.11. The van der Waals surface area contributed by atoms with Crippen LogP contribution in [0.15, 0.2) is 146 Å². The molecule has 0 saturated heterocycles. The van der Waals surface area contributed by atoms with Crippen molar-refractivity contribution in [3.05, 3.63) is 146 Å². The van der Waals surface area contributed by atoms with E-state index in [0.29, 0.717) is 12.8 Å². The number of carbonyl (C=O) groups excluding carboxylic acids is 3. The van der Waals surface area contributed by atoms with Gasteiger partial charge in [0.05, 0.1) is 0 Å². The Morgan fingerprint density at radius 1 is 0.304 bits per heavy atom. The van der Waals surface area contributed by atoms with Crippen LogP contribution in [0.2, 0.25) is 0 Å². The van der Waals surface area contributed by atoms with Gasteiger partial charge >= 0.3 is 17.9 Å². The number of ether oxygens (including phenoxy) is 3. The largest absolute Gasteiger partial charge is 0.462 e. The van der Waals surface area contributed by atoms with Crippen LogP contribution in [-0.4, -0.2) is 37.2 Å². The number of hydrogen-bond acceptors (Lipinski definition) is 6. The first-order chi connectivity index (χ1) is 34.0. The van der Waals surface area contributed by atoms with Crippen molar-refractivity contribution in [2.75, 3.05) is 13.2 Å². The van der Waals surface area contributed by atoms with Crippen LogP contribution >= 0.6 is 0 Å². The molecule has 0 heterocycles. The SMILES string of the molecule is CC/C=C\C/C=C\C/C=C\CCCCCCCC(=O)O[C@H](COC(=O)CC/C=C\C/C=C\C/C=C\C/C=C\C/C=C\CCCCC)COC(=O)CCC/C=C\C/C=C\C/C=C\C/C=C\CCCCC. The molecule has 0 rings (SSSR count). The molecule has 0 bridgehead atoms. The minimum Gasteiger partial charge on any atom is -0.462 e. The Bertz CT molecular complexity index is 1560. The third-order valence-corrected chi connectivity index (χ3v) is 10.8. The smallest absolute Gasteiger partial charge is 0.306 e. The van der Waals surface area contributed by atoms with Crippen LogP contribution in [0.5, 0.6) is 0 Å². The topological polar surface area (TPSA) is 78.9 Å². The van der Waals surface area contributed by atoms with Crippen molar-refractivity contribution in [2.45, 2.75) is 219 Å². The molecule has 6 nitrogen and oxygen atoms in total. The molecule has 0 radical (unpaired) electrons. The summed E-state index contributed by atoms with van der Waals surface area (Å²) in [6.45, 7) is 6.32. The summed E-state index contributed by atoms with van der Waals surface area (Å²) in [6.07, 6.45) is 79.9. The average Bonchev–Trinajstić information content (AvgIpc) is 3.35. The van der Waals surface area contributed by atoms with E-state index in [4.69, 9.17) is 14.2 Å². The molecule has 0 amide bonds. The molecule has 0 aromatic heterocycles. The van der Waals surface area contributed by atoms with E-state index >= 15 is 0 Å². The second kappa shape index (κ2) is 55.9. The molecule has 0 spiro atoms. The molecule has 0 unspecified atom stereocenters. The molecule has 0 fully saturated rings. The van der Waals surface area contributed by atoms with Crippen molar-refractivity contribution in [3.8, 4) is 0 Å². The summed E-state index contributed by atoms with van der Waals surface area (Å²) < 4.78 is 16.7. The van der Waals surface area contributed by atoms with Crippen LogP contribution in [0.4, 0.5) is 0 Å². The van der Waals surface area contributed by atoms with Gasteiger partial charge in [-0.2, -0.15) is 0 Å². The van der Waals surface area contributed by atoms with Gasteiger partial charge in [0, 0.05) is 19.3 Å². The highest BCUT2D eigenvalue weighted by molar-refractivity contribution is 5.71. The first-order valence-electron chi connectivity index (χ1n) is 27.3. The van der Waals surface area contributed by atoms with E-state index in [2.05, 4.69) is 154 Å². The van der Waals surface area contributed by atoms with Gasteiger partial charge in [0.15, 0.2) is 6.10 Å². The van der Waals surface area contributed by atoms with Crippen molar-refractivity contribution in [1.82, 2.24) is 0 Å². The predicted octanol–water partition coefficient (Wildman–Crippen LogP) is 18.4. The second-order valence-electron chi connectivity index (χ2n) is 17.4. The van der Waals surface area contributed by atoms with Gasteiger partial charge in [-0.15, -0.1) is 0 Å². The summed E-state index contributed by atoms with van der Waals surface area (Å²) in [7, 11) is 0. The summed E-state index contributed by atoms with van der Waals surface area (Å²) in [4.78, 5) is 38.0. The summed E-state index contributed by atoms with van der Waals surface area (Å²) in [5, 5.41) is 0. The Labute approximate surface area is 423 Å². The average molecular weight is 951 g/mol. The molecule has 69 heavy (non-hydrogen) atoms. The number of allylic oxidation sites excluding steroid dienone is 24. The predicted molar refractivity (Wildman–Crippen MR) is 297 cm³/mol. The third-order valence-electron chi connectivity index (χ3n) is 10.8. The Morgan fingerprint density at radius 3 is 1.01 bits per heavy atom. The van der Waals surface area contributed by atoms with Gasteiger partial charge in [0.1, 0.15) is 13.2 Å². The molecule has 0 aliphatic heterocycles. The van der Waals surface area contributed by atoms with E-state index in [9.17, 15) is 14.4 Å². The first kappa shape index (κ1) is 64.3. The highest BCUT2D eigenvalue weighted by Gasteiger charge is 2.19. The lowest BCUT2D eigenvalue weighted by Crippen LogP contribution is -2.30. The molecule has 0 aliphatic rings. The first-order valence-corrected chi connectivity index (χ1v) is 27.3. The van der Waals surface area contributed by atoms with Crippen LogP contribution in [0, 0.1) is 0 Å². The Hall–Kier alpha value is -4.71. The Morgan fingerprint density at radius 2 is 0.609 bits per heavy atom. The zero-order valence-electron chi connectivity index (χ0n) is 44.0. The zero-order chi connectivity index (χ0) is 50.0. The lowest BCUT2D eigenvalue weighted by Gasteiger charge is -2.18. The highest BCUT2D eigenvalue weighted by atomic mass is 16.6. The molecular formula is C63H98O6. The van der Waals surface area contributed by atoms with Crippen molar-refractivity contribution in [1.29, 1.82) is 0 Å². The van der Waals surface area contributed by atoms with Crippen molar-refractivity contribution < 1.29 is 28.6 Å². The van der Waals surface area contributed by atoms with Crippen LogP contribution in [0.1, 0.15) is 213 Å². The number of esters is 3. The molecule has 0 aromatic carbocycles. The number of hydrogen-bond donors (Lipinski definition) is 0. The quantitative estimate of drug-likeness (QED) is 0.0262. The molecule has 0 aromatic rings. The van der Waals surface area contributed by atoms with E-state index < -0.39 is 6.10 Å². The lowest BCUT2D eigenvalue weighted by atomic mass is 10.1. The minimum atomic E-state index is -0.846. The minimum absolute atomic E-state index is 0.142. The van der Waals surface area contributed by atoms with Crippen molar-refractivity contribution in [2.24, 2.45) is 0 Å². The zero-order valence-corrected chi connectivity index (χ0v) is 44.0. The van der Waals surface area contributed by atoms with E-state index in [1.54, 1.807) is 0 Å². The molecular weight excluding hydrogens is 853 g/mol. The number of carbonyl (C=O) groups is 3. The summed E-state index contributed by atoms with van der Waals surface area (Å²) in [6, 6.07) is 0. The molecule has 0 aliphatic carbocycles. The molecule has 0 saturated carbocycles. The fourth-order valence-electron chi connectivity index (χ4n) is 6.72. The van der Waals surface area contributed by atoms with Gasteiger partial charge in [0.25, 0.3) is 0 Å². The van der Waals surface area contributed by atoms with E-state index in [-0.39, 0.29) is 50.4 Å². The van der Waals surface area contributed by atoms with Crippen LogP contribution in [-0.2, 0) is 28.6 Å². The van der Waals surface area contributed by atoms with Crippen molar-refractivity contribution in [3.63, 3.8) is 0 Å². The molecule has 0 N–H and O–H groups in total. The summed E-state index contributed by atoms with van der Waals surface area (Å²) in [5.74, 6) is -1.10. The maximum absolute atomic E-state index is 12.8. The number of rotatable bonds is 47. The van der Waals surface area contributed by atoms with Gasteiger partial charge in [0.2, 0.25) is 0 Å².